The molecule has 0 radical (unpaired) electrons. The third-order valence-electron chi connectivity index (χ3n) is 4.24. The Hall–Kier alpha value is -0.610. The van der Waals surface area contributed by atoms with Crippen LogP contribution in [0.1, 0.15) is 40.0 Å². The summed E-state index contributed by atoms with van der Waals surface area (Å²) in [7, 11) is 1.80. The molecule has 1 amide bonds. The maximum absolute atomic E-state index is 11.4. The fourth-order valence-corrected chi connectivity index (χ4v) is 2.43. The Balaban J connectivity index is 2.51. The molecule has 0 saturated carbocycles. The van der Waals surface area contributed by atoms with Crippen LogP contribution < -0.4 is 11.1 Å². The quantitative estimate of drug-likeness (QED) is 0.754. The highest BCUT2D eigenvalue weighted by atomic mass is 16.1. The summed E-state index contributed by atoms with van der Waals surface area (Å²) in [6.07, 6.45) is 3.35. The summed E-state index contributed by atoms with van der Waals surface area (Å²) in [6.45, 7) is 8.52. The summed E-state index contributed by atoms with van der Waals surface area (Å²) >= 11 is 0. The van der Waals surface area contributed by atoms with Gasteiger partial charge in [0.1, 0.15) is 0 Å². The molecule has 1 heterocycles. The van der Waals surface area contributed by atoms with Gasteiger partial charge in [-0.2, -0.15) is 0 Å². The third kappa shape index (κ3) is 3.68. The van der Waals surface area contributed by atoms with Crippen molar-refractivity contribution in [3.8, 4) is 0 Å². The van der Waals surface area contributed by atoms with Gasteiger partial charge in [0.2, 0.25) is 5.91 Å². The first-order valence-corrected chi connectivity index (χ1v) is 6.62. The zero-order chi connectivity index (χ0) is 13.1. The molecule has 0 aliphatic carbocycles. The highest BCUT2D eigenvalue weighted by Gasteiger charge is 2.31. The Morgan fingerprint density at radius 1 is 1.47 bits per heavy atom. The largest absolute Gasteiger partial charge is 0.368 e. The lowest BCUT2D eigenvalue weighted by Crippen LogP contribution is -2.54. The van der Waals surface area contributed by atoms with Gasteiger partial charge in [0.25, 0.3) is 0 Å². The molecule has 1 rings (SSSR count). The number of hydrogen-bond acceptors (Lipinski definition) is 3. The summed E-state index contributed by atoms with van der Waals surface area (Å²) in [5, 5.41) is 3.04. The summed E-state index contributed by atoms with van der Waals surface area (Å²) in [5.41, 5.74) is 4.86. The standard InChI is InChI=1S/C13H27N3O/c1-10-5-6-11(2)16(9-10)8-7-13(3,15-4)12(14)17/h10-11,15H,5-9H2,1-4H3,(H2,14,17). The second-order valence-corrected chi connectivity index (χ2v) is 5.72. The van der Waals surface area contributed by atoms with E-state index in [9.17, 15) is 4.79 Å². The predicted molar refractivity (Wildman–Crippen MR) is 70.7 cm³/mol. The Morgan fingerprint density at radius 3 is 2.65 bits per heavy atom. The normalized spacial score (nSPS) is 29.9. The van der Waals surface area contributed by atoms with Crippen LogP contribution >= 0.6 is 0 Å². The van der Waals surface area contributed by atoms with Crippen LogP contribution in [0.5, 0.6) is 0 Å². The first-order valence-electron chi connectivity index (χ1n) is 6.62. The molecule has 17 heavy (non-hydrogen) atoms. The Bertz CT molecular complexity index is 269. The van der Waals surface area contributed by atoms with Gasteiger partial charge in [-0.05, 0) is 46.1 Å². The van der Waals surface area contributed by atoms with Crippen molar-refractivity contribution in [1.29, 1.82) is 0 Å². The molecule has 1 saturated heterocycles. The highest BCUT2D eigenvalue weighted by molar-refractivity contribution is 5.84. The number of piperidine rings is 1. The van der Waals surface area contributed by atoms with Crippen LogP contribution in [0, 0.1) is 5.92 Å². The van der Waals surface area contributed by atoms with Crippen LogP contribution in [0.4, 0.5) is 0 Å². The van der Waals surface area contributed by atoms with Gasteiger partial charge in [0.05, 0.1) is 5.54 Å². The molecule has 1 fully saturated rings. The van der Waals surface area contributed by atoms with E-state index in [1.807, 2.05) is 6.92 Å². The molecular formula is C13H27N3O. The van der Waals surface area contributed by atoms with Gasteiger partial charge >= 0.3 is 0 Å². The Labute approximate surface area is 105 Å². The molecule has 0 aromatic rings. The van der Waals surface area contributed by atoms with Crippen LogP contribution in [-0.4, -0.2) is 42.5 Å². The van der Waals surface area contributed by atoms with Gasteiger partial charge in [-0.15, -0.1) is 0 Å². The van der Waals surface area contributed by atoms with Gasteiger partial charge < -0.3 is 16.0 Å². The summed E-state index contributed by atoms with van der Waals surface area (Å²) in [4.78, 5) is 13.9. The van der Waals surface area contributed by atoms with E-state index < -0.39 is 5.54 Å². The molecule has 0 spiro atoms. The number of amides is 1. The van der Waals surface area contributed by atoms with E-state index in [0.717, 1.165) is 25.4 Å². The molecule has 1 aliphatic heterocycles. The first kappa shape index (κ1) is 14.5. The van der Waals surface area contributed by atoms with E-state index in [1.54, 1.807) is 7.05 Å². The second kappa shape index (κ2) is 5.83. The van der Waals surface area contributed by atoms with Crippen molar-refractivity contribution in [1.82, 2.24) is 10.2 Å². The van der Waals surface area contributed by atoms with E-state index in [-0.39, 0.29) is 5.91 Å². The molecule has 100 valence electrons. The Morgan fingerprint density at radius 2 is 2.12 bits per heavy atom. The minimum atomic E-state index is -0.583. The molecule has 1 aliphatic rings. The number of likely N-dealkylation sites (N-methyl/N-ethyl adjacent to an activating group) is 1. The number of carbonyl (C=O) groups excluding carboxylic acids is 1. The lowest BCUT2D eigenvalue weighted by Gasteiger charge is -2.38. The van der Waals surface area contributed by atoms with E-state index >= 15 is 0 Å². The van der Waals surface area contributed by atoms with Gasteiger partial charge in [0.15, 0.2) is 0 Å². The van der Waals surface area contributed by atoms with Crippen molar-refractivity contribution >= 4 is 5.91 Å². The first-order chi connectivity index (χ1) is 7.89. The number of hydrogen-bond donors (Lipinski definition) is 2. The SMILES string of the molecule is CNC(C)(CCN1CC(C)CCC1C)C(N)=O. The maximum Gasteiger partial charge on any atom is 0.237 e. The number of rotatable bonds is 5. The van der Waals surface area contributed by atoms with Crippen molar-refractivity contribution in [2.24, 2.45) is 11.7 Å². The van der Waals surface area contributed by atoms with Crippen LogP contribution in [-0.2, 0) is 4.79 Å². The number of likely N-dealkylation sites (tertiary alicyclic amines) is 1. The number of nitrogens with two attached hydrogens (primary N) is 1. The maximum atomic E-state index is 11.4. The Kier molecular flexibility index (Phi) is 4.95. The van der Waals surface area contributed by atoms with Crippen molar-refractivity contribution in [2.45, 2.75) is 51.6 Å². The lowest BCUT2D eigenvalue weighted by molar-refractivity contribution is -0.124. The zero-order valence-electron chi connectivity index (χ0n) is 11.6. The van der Waals surface area contributed by atoms with E-state index in [1.165, 1.54) is 12.8 Å². The molecule has 0 aromatic carbocycles. The molecular weight excluding hydrogens is 214 g/mol. The zero-order valence-corrected chi connectivity index (χ0v) is 11.6. The lowest BCUT2D eigenvalue weighted by atomic mass is 9.92. The summed E-state index contributed by atoms with van der Waals surface area (Å²) in [5.74, 6) is 0.498. The van der Waals surface area contributed by atoms with Crippen molar-refractivity contribution in [3.63, 3.8) is 0 Å². The van der Waals surface area contributed by atoms with Gasteiger partial charge in [-0.1, -0.05) is 6.92 Å². The second-order valence-electron chi connectivity index (χ2n) is 5.72. The van der Waals surface area contributed by atoms with Crippen molar-refractivity contribution in [2.75, 3.05) is 20.1 Å². The fraction of sp³-hybridized carbons (Fsp3) is 0.923. The molecule has 4 nitrogen and oxygen atoms in total. The summed E-state index contributed by atoms with van der Waals surface area (Å²) < 4.78 is 0. The van der Waals surface area contributed by atoms with Crippen LogP contribution in [0.25, 0.3) is 0 Å². The van der Waals surface area contributed by atoms with Crippen molar-refractivity contribution in [3.05, 3.63) is 0 Å². The van der Waals surface area contributed by atoms with Gasteiger partial charge in [0, 0.05) is 19.1 Å². The highest BCUT2D eigenvalue weighted by Crippen LogP contribution is 2.22. The number of nitrogens with zero attached hydrogens (tertiary/aromatic N) is 1. The molecule has 3 atom stereocenters. The average molecular weight is 241 g/mol. The van der Waals surface area contributed by atoms with Gasteiger partial charge in [-0.3, -0.25) is 4.79 Å². The molecule has 4 heteroatoms. The minimum absolute atomic E-state index is 0.266. The number of carbonyl (C=O) groups is 1. The minimum Gasteiger partial charge on any atom is -0.368 e. The van der Waals surface area contributed by atoms with E-state index in [4.69, 9.17) is 5.73 Å². The fourth-order valence-electron chi connectivity index (χ4n) is 2.43. The smallest absolute Gasteiger partial charge is 0.237 e. The number of nitrogens with one attached hydrogen (secondary N) is 1. The predicted octanol–water partition coefficient (Wildman–Crippen LogP) is 0.960. The summed E-state index contributed by atoms with van der Waals surface area (Å²) in [6, 6.07) is 0.625. The van der Waals surface area contributed by atoms with Crippen molar-refractivity contribution < 1.29 is 4.79 Å². The van der Waals surface area contributed by atoms with Crippen LogP contribution in [0.3, 0.4) is 0 Å². The van der Waals surface area contributed by atoms with E-state index in [0.29, 0.717) is 6.04 Å². The van der Waals surface area contributed by atoms with Gasteiger partial charge in [-0.25, -0.2) is 0 Å². The topological polar surface area (TPSA) is 58.4 Å². The average Bonchev–Trinajstić information content (AvgIpc) is 2.29. The molecule has 3 unspecified atom stereocenters. The molecule has 0 bridgehead atoms. The molecule has 3 N–H and O–H groups in total. The third-order valence-corrected chi connectivity index (χ3v) is 4.24. The monoisotopic (exact) mass is 241 g/mol. The number of primary amides is 1. The van der Waals surface area contributed by atoms with Crippen LogP contribution in [0.2, 0.25) is 0 Å². The molecule has 0 aromatic heterocycles. The van der Waals surface area contributed by atoms with E-state index in [2.05, 4.69) is 24.1 Å². The van der Waals surface area contributed by atoms with Crippen LogP contribution in [0.15, 0.2) is 0 Å².